The summed E-state index contributed by atoms with van der Waals surface area (Å²) in [5, 5.41) is 10.7. The summed E-state index contributed by atoms with van der Waals surface area (Å²) in [5.74, 6) is 1.89. The van der Waals surface area contributed by atoms with Gasteiger partial charge in [0.15, 0.2) is 0 Å². The number of fused-ring (bicyclic) bond motifs is 1. The molecule has 3 aromatic carbocycles. The number of hydrogen-bond acceptors (Lipinski definition) is 6. The Hall–Kier alpha value is -3.00. The van der Waals surface area contributed by atoms with Gasteiger partial charge in [0.1, 0.15) is 23.4 Å². The van der Waals surface area contributed by atoms with Crippen molar-refractivity contribution in [1.82, 2.24) is 4.90 Å². The van der Waals surface area contributed by atoms with E-state index in [4.69, 9.17) is 9.47 Å². The highest BCUT2D eigenvalue weighted by Crippen LogP contribution is 2.47. The van der Waals surface area contributed by atoms with E-state index in [0.717, 1.165) is 33.2 Å². The Bertz CT molecular complexity index is 1150. The van der Waals surface area contributed by atoms with Crippen LogP contribution in [0.2, 0.25) is 0 Å². The van der Waals surface area contributed by atoms with Crippen molar-refractivity contribution in [2.75, 3.05) is 39.2 Å². The maximum atomic E-state index is 13.4. The Balaban J connectivity index is 1.73. The molecule has 0 unspecified atom stereocenters. The van der Waals surface area contributed by atoms with Gasteiger partial charge in [0, 0.05) is 18.0 Å². The van der Waals surface area contributed by atoms with Crippen molar-refractivity contribution in [3.05, 3.63) is 77.9 Å². The van der Waals surface area contributed by atoms with Gasteiger partial charge in [0.05, 0.1) is 18.0 Å². The molecule has 34 heavy (non-hydrogen) atoms. The standard InChI is InChI=1S/C27H30N2O4S/c1-18-7-5-6-8-23(18)33-21-13-14-22-24(17-21)34-26(19-9-11-20(32-4)12-10-19)25(30)27(31)29(22)16-15-28(2)3/h5-14,17,25-26,30H,15-16H2,1-4H3/t25-,26+/m1/s1. The molecule has 0 saturated carbocycles. The molecule has 0 saturated heterocycles. The second kappa shape index (κ2) is 10.5. The number of rotatable bonds is 7. The van der Waals surface area contributed by atoms with Crippen LogP contribution in [0.4, 0.5) is 5.69 Å². The zero-order valence-corrected chi connectivity index (χ0v) is 20.7. The highest BCUT2D eigenvalue weighted by atomic mass is 32.2. The molecule has 1 aliphatic rings. The molecule has 2 atom stereocenters. The van der Waals surface area contributed by atoms with Crippen LogP contribution in [0.15, 0.2) is 71.6 Å². The Morgan fingerprint density at radius 1 is 1.03 bits per heavy atom. The summed E-state index contributed by atoms with van der Waals surface area (Å²) in [5.41, 5.74) is 2.68. The molecule has 0 aromatic heterocycles. The number of benzene rings is 3. The van der Waals surface area contributed by atoms with Gasteiger partial charge in [-0.05, 0) is 68.5 Å². The summed E-state index contributed by atoms with van der Waals surface area (Å²) in [6, 6.07) is 21.1. The molecular formula is C27H30N2O4S. The molecule has 1 amide bonds. The molecule has 0 radical (unpaired) electrons. The van der Waals surface area contributed by atoms with E-state index in [1.165, 1.54) is 11.8 Å². The molecule has 7 heteroatoms. The first-order chi connectivity index (χ1) is 16.4. The molecule has 178 valence electrons. The van der Waals surface area contributed by atoms with Gasteiger partial charge in [0.2, 0.25) is 0 Å². The van der Waals surface area contributed by atoms with E-state index in [-0.39, 0.29) is 5.91 Å². The number of carbonyl (C=O) groups is 1. The summed E-state index contributed by atoms with van der Waals surface area (Å²) in [6.07, 6.45) is -1.19. The predicted molar refractivity (Wildman–Crippen MR) is 136 cm³/mol. The van der Waals surface area contributed by atoms with E-state index in [0.29, 0.717) is 18.8 Å². The zero-order valence-electron chi connectivity index (χ0n) is 19.9. The third-order valence-corrected chi connectivity index (χ3v) is 7.18. The van der Waals surface area contributed by atoms with E-state index in [9.17, 15) is 9.90 Å². The third-order valence-electron chi connectivity index (χ3n) is 5.82. The number of aliphatic hydroxyl groups excluding tert-OH is 1. The minimum absolute atomic E-state index is 0.304. The maximum absolute atomic E-state index is 13.4. The number of carbonyl (C=O) groups excluding carboxylic acids is 1. The van der Waals surface area contributed by atoms with Crippen LogP contribution in [-0.2, 0) is 4.79 Å². The molecular weight excluding hydrogens is 448 g/mol. The number of aryl methyl sites for hydroxylation is 1. The first-order valence-corrected chi connectivity index (χ1v) is 12.1. The van der Waals surface area contributed by atoms with Crippen molar-refractivity contribution in [3.8, 4) is 17.2 Å². The lowest BCUT2D eigenvalue weighted by atomic mass is 10.1. The van der Waals surface area contributed by atoms with Crippen molar-refractivity contribution in [1.29, 1.82) is 0 Å². The number of nitrogens with zero attached hydrogens (tertiary/aromatic N) is 2. The summed E-state index contributed by atoms with van der Waals surface area (Å²) >= 11 is 1.48. The molecule has 6 nitrogen and oxygen atoms in total. The average molecular weight is 479 g/mol. The SMILES string of the molecule is COc1ccc([C@@H]2Sc3cc(Oc4ccccc4C)ccc3N(CCN(C)C)C(=O)[C@@H]2O)cc1. The van der Waals surface area contributed by atoms with Crippen LogP contribution in [0.5, 0.6) is 17.2 Å². The molecule has 3 aromatic rings. The lowest BCUT2D eigenvalue weighted by Crippen LogP contribution is -2.43. The lowest BCUT2D eigenvalue weighted by molar-refractivity contribution is -0.126. The van der Waals surface area contributed by atoms with Crippen LogP contribution in [-0.4, -0.2) is 56.3 Å². The normalized spacial score (nSPS) is 17.9. The molecule has 1 N–H and O–H groups in total. The maximum Gasteiger partial charge on any atom is 0.257 e. The van der Waals surface area contributed by atoms with Gasteiger partial charge in [-0.1, -0.05) is 30.3 Å². The molecule has 1 heterocycles. The second-order valence-electron chi connectivity index (χ2n) is 8.55. The Morgan fingerprint density at radius 2 is 1.74 bits per heavy atom. The highest BCUT2D eigenvalue weighted by molar-refractivity contribution is 7.99. The number of thioether (sulfide) groups is 1. The zero-order chi connectivity index (χ0) is 24.2. The van der Waals surface area contributed by atoms with E-state index in [1.807, 2.05) is 92.6 Å². The summed E-state index contributed by atoms with van der Waals surface area (Å²) in [4.78, 5) is 18.0. The van der Waals surface area contributed by atoms with Crippen molar-refractivity contribution in [2.45, 2.75) is 23.2 Å². The first kappa shape index (κ1) is 24.1. The predicted octanol–water partition coefficient (Wildman–Crippen LogP) is 4.90. The number of likely N-dealkylation sites (N-methyl/N-ethyl adjacent to an activating group) is 1. The number of amides is 1. The smallest absolute Gasteiger partial charge is 0.257 e. The van der Waals surface area contributed by atoms with Crippen molar-refractivity contribution < 1.29 is 19.4 Å². The Morgan fingerprint density at radius 3 is 2.41 bits per heavy atom. The number of aliphatic hydroxyl groups is 1. The van der Waals surface area contributed by atoms with E-state index in [1.54, 1.807) is 12.0 Å². The number of para-hydroxylation sites is 1. The highest BCUT2D eigenvalue weighted by Gasteiger charge is 2.37. The minimum Gasteiger partial charge on any atom is -0.497 e. The third kappa shape index (κ3) is 5.22. The quantitative estimate of drug-likeness (QED) is 0.521. The van der Waals surface area contributed by atoms with E-state index < -0.39 is 11.4 Å². The van der Waals surface area contributed by atoms with Crippen LogP contribution >= 0.6 is 11.8 Å². The van der Waals surface area contributed by atoms with E-state index in [2.05, 4.69) is 0 Å². The van der Waals surface area contributed by atoms with Gasteiger partial charge >= 0.3 is 0 Å². The number of ether oxygens (including phenoxy) is 2. The Labute approximate surface area is 205 Å². The fourth-order valence-electron chi connectivity index (χ4n) is 3.86. The molecule has 0 fully saturated rings. The van der Waals surface area contributed by atoms with Gasteiger partial charge in [-0.3, -0.25) is 4.79 Å². The van der Waals surface area contributed by atoms with Crippen molar-refractivity contribution in [3.63, 3.8) is 0 Å². The lowest BCUT2D eigenvalue weighted by Gasteiger charge is -2.26. The molecule has 0 spiro atoms. The average Bonchev–Trinajstić information content (AvgIpc) is 2.93. The Kier molecular flexibility index (Phi) is 7.46. The molecule has 4 rings (SSSR count). The second-order valence-corrected chi connectivity index (χ2v) is 9.73. The fraction of sp³-hybridized carbons (Fsp3) is 0.296. The minimum atomic E-state index is -1.19. The van der Waals surface area contributed by atoms with Gasteiger partial charge in [-0.15, -0.1) is 11.8 Å². The van der Waals surface area contributed by atoms with Crippen LogP contribution in [0, 0.1) is 6.92 Å². The van der Waals surface area contributed by atoms with Gasteiger partial charge in [-0.2, -0.15) is 0 Å². The number of hydrogen-bond donors (Lipinski definition) is 1. The summed E-state index contributed by atoms with van der Waals surface area (Å²) < 4.78 is 11.4. The molecule has 1 aliphatic heterocycles. The van der Waals surface area contributed by atoms with Crippen molar-refractivity contribution in [2.24, 2.45) is 0 Å². The van der Waals surface area contributed by atoms with Gasteiger partial charge < -0.3 is 24.4 Å². The number of anilines is 1. The van der Waals surface area contributed by atoms with Crippen LogP contribution < -0.4 is 14.4 Å². The topological polar surface area (TPSA) is 62.2 Å². The molecule has 0 aliphatic carbocycles. The largest absolute Gasteiger partial charge is 0.497 e. The monoisotopic (exact) mass is 478 g/mol. The van der Waals surface area contributed by atoms with E-state index >= 15 is 0 Å². The van der Waals surface area contributed by atoms with Crippen LogP contribution in [0.3, 0.4) is 0 Å². The fourth-order valence-corrected chi connectivity index (χ4v) is 5.15. The van der Waals surface area contributed by atoms with Gasteiger partial charge in [0.25, 0.3) is 5.91 Å². The van der Waals surface area contributed by atoms with Crippen molar-refractivity contribution >= 4 is 23.4 Å². The number of methoxy groups -OCH3 is 1. The molecule has 0 bridgehead atoms. The summed E-state index contributed by atoms with van der Waals surface area (Å²) in [7, 11) is 5.55. The van der Waals surface area contributed by atoms with Gasteiger partial charge in [-0.25, -0.2) is 0 Å². The first-order valence-electron chi connectivity index (χ1n) is 11.2. The van der Waals surface area contributed by atoms with Crippen LogP contribution in [0.1, 0.15) is 16.4 Å². The summed E-state index contributed by atoms with van der Waals surface area (Å²) in [6.45, 7) is 3.16. The van der Waals surface area contributed by atoms with Crippen LogP contribution in [0.25, 0.3) is 0 Å².